The zero-order valence-electron chi connectivity index (χ0n) is 77.4. The number of carboxylic acids is 3. The molecule has 0 radical (unpaired) electrons. The number of terminal acetylenes is 2. The first-order chi connectivity index (χ1) is 69.4. The van der Waals surface area contributed by atoms with E-state index in [0.717, 1.165) is 44.7 Å². The molecule has 780 valence electrons. The van der Waals surface area contributed by atoms with Gasteiger partial charge >= 0.3 is 29.8 Å². The first-order valence-corrected chi connectivity index (χ1v) is 44.1. The topological polar surface area (TPSA) is 531 Å². The van der Waals surface area contributed by atoms with Crippen LogP contribution in [0.5, 0.6) is 0 Å². The Bertz CT molecular complexity index is 7340. The van der Waals surface area contributed by atoms with E-state index < -0.39 is 239 Å². The van der Waals surface area contributed by atoms with Crippen molar-refractivity contribution in [3.8, 4) is 24.7 Å². The molecule has 10 aromatic rings. The normalized spacial score (nSPS) is 18.7. The fourth-order valence-electron chi connectivity index (χ4n) is 19.4. The lowest BCUT2D eigenvalue weighted by Crippen LogP contribution is -2.62. The third-order valence-corrected chi connectivity index (χ3v) is 25.5. The summed E-state index contributed by atoms with van der Waals surface area (Å²) >= 11 is 0. The molecular formula is C92H78F17N19O20. The number of pyridine rings is 3. The summed E-state index contributed by atoms with van der Waals surface area (Å²) in [6.45, 7) is 7.13. The van der Waals surface area contributed by atoms with Crippen molar-refractivity contribution in [1.82, 2.24) is 84.3 Å². The number of rotatable bonds is 25. The third-order valence-electron chi connectivity index (χ3n) is 25.5. The largest absolute Gasteiger partial charge is 0.477 e. The Morgan fingerprint density at radius 3 is 1.18 bits per heavy atom. The number of amides is 5. The molecule has 3 fully saturated rings. The fraction of sp³-hybridized carbons (Fsp3) is 0.391. The summed E-state index contributed by atoms with van der Waals surface area (Å²) in [6.07, 6.45) is -4.73. The van der Waals surface area contributed by atoms with Crippen LogP contribution in [0.4, 0.5) is 86.0 Å². The average Bonchev–Trinajstić information content (AvgIpc) is 0.800. The van der Waals surface area contributed by atoms with Crippen molar-refractivity contribution in [2.24, 2.45) is 0 Å². The Balaban J connectivity index is 0.000000150. The Kier molecular flexibility index (Phi) is 29.2. The van der Waals surface area contributed by atoms with Gasteiger partial charge in [-0.25, -0.2) is 104 Å². The molecule has 0 unspecified atom stereocenters. The number of Topliss-reactive ketones (excluding diaryl/α,β-unsaturated/α-hetero) is 5. The molecule has 3 saturated carbocycles. The van der Waals surface area contributed by atoms with Crippen LogP contribution < -0.4 is 31.4 Å². The summed E-state index contributed by atoms with van der Waals surface area (Å²) in [5.41, 5.74) is -9.61. The van der Waals surface area contributed by atoms with E-state index in [9.17, 15) is 152 Å². The van der Waals surface area contributed by atoms with Gasteiger partial charge in [0.15, 0.2) is 11.6 Å². The molecule has 56 heteroatoms. The smallest absolute Gasteiger partial charge is 0.382 e. The zero-order chi connectivity index (χ0) is 109. The van der Waals surface area contributed by atoms with Gasteiger partial charge in [0.2, 0.25) is 5.65 Å². The molecule has 0 bridgehead atoms. The van der Waals surface area contributed by atoms with Crippen molar-refractivity contribution in [3.63, 3.8) is 0 Å². The summed E-state index contributed by atoms with van der Waals surface area (Å²) in [5.74, 6) is -25.9. The summed E-state index contributed by atoms with van der Waals surface area (Å²) in [4.78, 5) is 202. The number of aromatic amines is 1. The molecule has 39 nitrogen and oxygen atoms in total. The monoisotopic (exact) mass is 2090 g/mol. The van der Waals surface area contributed by atoms with Crippen LogP contribution in [-0.2, 0) is 99.1 Å². The van der Waals surface area contributed by atoms with Gasteiger partial charge in [0.1, 0.15) is 93.0 Å². The van der Waals surface area contributed by atoms with E-state index in [2.05, 4.69) is 83.8 Å². The predicted molar refractivity (Wildman–Crippen MR) is 467 cm³/mol. The Hall–Kier alpha value is -16.6. The molecule has 5 amide bonds. The number of aromatic carboxylic acids is 2. The van der Waals surface area contributed by atoms with Gasteiger partial charge in [-0.2, -0.15) is 15.4 Å². The van der Waals surface area contributed by atoms with Gasteiger partial charge in [-0.3, -0.25) is 57.9 Å². The van der Waals surface area contributed by atoms with Crippen LogP contribution in [0.3, 0.4) is 0 Å². The van der Waals surface area contributed by atoms with E-state index in [-0.39, 0.29) is 195 Å². The van der Waals surface area contributed by atoms with Crippen molar-refractivity contribution in [1.29, 1.82) is 0 Å². The van der Waals surface area contributed by atoms with Crippen molar-refractivity contribution < 1.29 is 171 Å². The summed E-state index contributed by atoms with van der Waals surface area (Å²) in [7, 11) is 0. The highest BCUT2D eigenvalue weighted by Gasteiger charge is 2.62. The number of nitrogens with zero attached hydrogens (tertiary/aromatic N) is 13. The van der Waals surface area contributed by atoms with E-state index >= 15 is 0 Å². The highest BCUT2D eigenvalue weighted by Crippen LogP contribution is 2.52. The van der Waals surface area contributed by atoms with Gasteiger partial charge in [0.05, 0.1) is 90.3 Å². The van der Waals surface area contributed by atoms with Crippen LogP contribution in [0, 0.1) is 70.9 Å². The number of aromatic nitrogens is 14. The number of nitrogens with one attached hydrogen (secondary N) is 6. The van der Waals surface area contributed by atoms with E-state index in [4.69, 9.17) is 27.9 Å². The van der Waals surface area contributed by atoms with Crippen molar-refractivity contribution in [3.05, 3.63) is 190 Å². The maximum absolute atomic E-state index is 14.4. The van der Waals surface area contributed by atoms with Gasteiger partial charge in [-0.1, -0.05) is 11.8 Å². The van der Waals surface area contributed by atoms with E-state index in [1.54, 1.807) is 19.1 Å². The van der Waals surface area contributed by atoms with Crippen molar-refractivity contribution in [2.75, 3.05) is 17.2 Å². The minimum absolute atomic E-state index is 0.00228. The maximum atomic E-state index is 14.4. The van der Waals surface area contributed by atoms with Gasteiger partial charge in [0.25, 0.3) is 89.1 Å². The van der Waals surface area contributed by atoms with Gasteiger partial charge < -0.3 is 74.3 Å². The van der Waals surface area contributed by atoms with E-state index in [1.807, 2.05) is 0 Å². The minimum atomic E-state index is -3.26. The Morgan fingerprint density at radius 1 is 0.480 bits per heavy atom. The summed E-state index contributed by atoms with van der Waals surface area (Å²) in [5, 5.41) is 54.9. The molecule has 0 saturated heterocycles. The van der Waals surface area contributed by atoms with E-state index in [0.29, 0.717) is 5.52 Å². The van der Waals surface area contributed by atoms with Crippen LogP contribution in [0.25, 0.3) is 11.2 Å². The second kappa shape index (κ2) is 40.4. The number of esters is 1. The maximum Gasteiger partial charge on any atom is 0.382 e. The number of ether oxygens (including phenoxy) is 1. The van der Waals surface area contributed by atoms with Gasteiger partial charge in [-0.15, -0.1) is 17.9 Å². The lowest BCUT2D eigenvalue weighted by atomic mass is 9.71. The number of carboxylic acid groups (broad SMARTS) is 3. The molecule has 15 heterocycles. The molecule has 3 aliphatic carbocycles. The number of ketones is 5. The highest BCUT2D eigenvalue weighted by atomic mass is 19.3. The zero-order valence-corrected chi connectivity index (χ0v) is 77.4. The number of hydrogen-bond acceptors (Lipinski definition) is 24. The van der Waals surface area contributed by atoms with Crippen LogP contribution in [0.2, 0.25) is 0 Å². The number of hydrogen-bond donors (Lipinski definition) is 9. The number of aliphatic carboxylic acids is 1. The first-order valence-electron chi connectivity index (χ1n) is 44.1. The van der Waals surface area contributed by atoms with Crippen LogP contribution in [-0.4, -0.2) is 238 Å². The summed E-state index contributed by atoms with van der Waals surface area (Å²) < 4.78 is 242. The second-order valence-corrected chi connectivity index (χ2v) is 35.5. The molecule has 10 aromatic heterocycles. The Labute approximate surface area is 818 Å². The minimum Gasteiger partial charge on any atom is -0.477 e. The molecule has 0 aromatic carbocycles. The number of carbonyl (C=O) groups excluding carboxylic acids is 12. The molecule has 5 atom stereocenters. The molecule has 0 spiro atoms. The summed E-state index contributed by atoms with van der Waals surface area (Å²) in [6, 6.07) is 5.10. The highest BCUT2D eigenvalue weighted by molar-refractivity contribution is 6.46. The fourth-order valence-corrected chi connectivity index (χ4v) is 19.4. The molecule has 148 heavy (non-hydrogen) atoms. The molecule has 8 aliphatic rings. The number of H-pyrrole nitrogens is 1. The van der Waals surface area contributed by atoms with Gasteiger partial charge in [0, 0.05) is 118 Å². The predicted octanol–water partition coefficient (Wildman–Crippen LogP) is 9.66. The number of anilines is 2. The molecule has 9 N–H and O–H groups in total. The first kappa shape index (κ1) is 107. The molecule has 18 rings (SSSR count). The second-order valence-electron chi connectivity index (χ2n) is 35.5. The quantitative estimate of drug-likeness (QED) is 0.00641. The number of alkyl halides is 15. The number of carbonyl (C=O) groups is 15. The van der Waals surface area contributed by atoms with Crippen LogP contribution in [0.1, 0.15) is 236 Å². The van der Waals surface area contributed by atoms with Gasteiger partial charge in [-0.05, 0) is 104 Å². The number of halogens is 17. The molecule has 5 aliphatic heterocycles. The number of fused-ring (bicyclic) bond motifs is 6. The average molecular weight is 2090 g/mol. The SMILES string of the molecule is C#CC1(NC(=O)C(=O)c2c(C)c(C(=O)Nc3ccnc(C(F)F)c3F)n3c2C[C@@H](F)C3)CC(F)(F)C1.C#CC1(NC(=O)C(=O)c2c(C)c(C(=O)On3nnc4cccnc43)n3c2C[C@@H](F)C3)CC(F)(F)C1.CCOC(=O)C(=O)c1c(C)c(C(=O)O)n2c1C[C@@H](F)C2.Cc1c(C(=O)C(=O)NC2(c3cn[nH]n3)CC(F)(F)C2)c2n(c1C(=O)Nc1ccnc(C(F)F)c1F)C[C@H](F)C2.Cc1c(C(=O)C(=O)O)c2n(c1C(=O)O)C[C@H](F)C2. The molecular weight excluding hydrogens is 2010 g/mol. The Morgan fingerprint density at radius 2 is 0.831 bits per heavy atom. The van der Waals surface area contributed by atoms with Crippen LogP contribution >= 0.6 is 0 Å². The lowest BCUT2D eigenvalue weighted by Gasteiger charge is -2.46. The van der Waals surface area contributed by atoms with E-state index in [1.165, 1.54) is 54.5 Å². The van der Waals surface area contributed by atoms with Crippen molar-refractivity contribution in [2.45, 2.75) is 223 Å². The van der Waals surface area contributed by atoms with Crippen LogP contribution in [0.15, 0.2) is 49.1 Å². The van der Waals surface area contributed by atoms with Crippen molar-refractivity contribution >= 4 is 111 Å². The third kappa shape index (κ3) is 20.3. The lowest BCUT2D eigenvalue weighted by molar-refractivity contribution is -0.149. The standard InChI is InChI=1S/C23H19F6N7O3.C23H18F6N4O3.C22H17F3N6O4.C13H14FNO5.C11H10FNO5/c1-9-14(18(37)21(39)33-22(7-23(28,29)8-22)13-5-31-35-34-13)12-4-10(24)6-36(12)17(9)20(38)32-11-2-3-30-16(15(11)25)19(26)27;1-3-22(8-23(28,29)9-22)32-21(36)18(34)14-10(2)17(33-7-11(24)6-13(14)33)20(35)31-12-4-5-30-16(15(12)25)19(26)27;1-3-21(9-22(24,25)10-21)27-19(33)17(32)15-11(2)16(30-8-12(23)7-14(15)30)20(34)35-31-18-13(28-29-31)5-4-6-26-18;1-3-20-13(19)11(16)9-6(2)10(12(17)18)15-5-7(14)4-8(9)15;1-4-7(9(14)11(17)18)6-2-5(12)3-13(6)8(4)10(15)16/h2-3,5,10,19H,4,6-8H2,1H3,(H,33,39)(H,30,32,38)(H,31,34,35);1,4-5,11,19H,6-9H2,2H3,(H,32,36)(H,30,31,35);1,4-6,12H,7-10H2,2H3,(H,27,33);7H,3-5H2,1-2H3,(H,17,18);5H,2-3H2,1H3,(H,15,16)(H,17,18)/t10-;11-;12-;7-;5-/m11111/s1.